The van der Waals surface area contributed by atoms with Gasteiger partial charge in [0.1, 0.15) is 29.7 Å². The number of carbonyl (C=O) groups is 4. The van der Waals surface area contributed by atoms with Crippen LogP contribution >= 0.6 is 31.3 Å². The smallest absolute Gasteiger partial charge is 0.475 e. The zero-order chi connectivity index (χ0) is 60.1. The van der Waals surface area contributed by atoms with Crippen LogP contribution < -0.4 is 25.7 Å². The Morgan fingerprint density at radius 1 is 0.738 bits per heavy atom. The first-order valence-electron chi connectivity index (χ1n) is 28.5. The van der Waals surface area contributed by atoms with Gasteiger partial charge in [0.15, 0.2) is 32.5 Å². The van der Waals surface area contributed by atoms with Gasteiger partial charge in [0.05, 0.1) is 43.6 Å². The Kier molecular flexibility index (Phi) is 28.4. The zero-order valence-corrected chi connectivity index (χ0v) is 50.6. The van der Waals surface area contributed by atoms with Crippen LogP contribution in [0.25, 0.3) is 44.4 Å². The number of anilines is 2. The maximum atomic E-state index is 13.9. The minimum atomic E-state index is -4.35. The van der Waals surface area contributed by atoms with Gasteiger partial charge in [-0.1, -0.05) is 74.9 Å². The van der Waals surface area contributed by atoms with Crippen LogP contribution in [0.15, 0.2) is 68.4 Å². The third kappa shape index (κ3) is 22.2. The highest BCUT2D eigenvalue weighted by molar-refractivity contribution is 8.13. The van der Waals surface area contributed by atoms with Crippen LogP contribution in [0.3, 0.4) is 0 Å². The minimum Gasteiger partial charge on any atom is -0.494 e. The lowest BCUT2D eigenvalue weighted by atomic mass is 10.0. The number of esters is 1. The SMILES string of the molecule is CCN(CC)c1ccc2nc3c4cc(OCCCCC(=O)OC(COCCCCCCCCCCCCNc5ccc([N+](=O)[O-])c6nonc56)COP(=O)(OCCNC(=O)OCCSC(C)=O)OCCSC(C)=O)ccc4c(=O)cc-3oc2c1. The number of carbonyl (C=O) groups excluding carboxylic acids is 4. The molecule has 2 heterocycles. The predicted molar refractivity (Wildman–Crippen MR) is 322 cm³/mol. The number of phosphoric acid groups is 1. The van der Waals surface area contributed by atoms with E-state index in [1.807, 2.05) is 18.2 Å². The summed E-state index contributed by atoms with van der Waals surface area (Å²) < 4.78 is 64.6. The Hall–Kier alpha value is -6.41. The number of non-ortho nitro benzene ring substituents is 1. The second-order valence-corrected chi connectivity index (χ2v) is 23.6. The molecule has 0 saturated heterocycles. The van der Waals surface area contributed by atoms with Crippen molar-refractivity contribution in [3.05, 3.63) is 74.9 Å². The van der Waals surface area contributed by atoms with Crippen molar-refractivity contribution in [1.29, 1.82) is 0 Å². The number of ether oxygens (including phenoxy) is 4. The van der Waals surface area contributed by atoms with E-state index in [4.69, 9.17) is 46.5 Å². The molecule has 2 aliphatic rings. The van der Waals surface area contributed by atoms with Crippen molar-refractivity contribution in [3.8, 4) is 17.2 Å². The lowest BCUT2D eigenvalue weighted by molar-refractivity contribution is -0.383. The van der Waals surface area contributed by atoms with Gasteiger partial charge in [-0.25, -0.2) is 19.0 Å². The number of hydrogen-bond acceptors (Lipinski definition) is 24. The van der Waals surface area contributed by atoms with Crippen LogP contribution in [0.2, 0.25) is 0 Å². The first kappa shape index (κ1) is 66.7. The number of thioether (sulfide) groups is 2. The normalized spacial score (nSPS) is 12.6. The minimum absolute atomic E-state index is 0.000752. The third-order valence-corrected chi connectivity index (χ3v) is 16.1. The number of phosphoric ester groups is 1. The average Bonchev–Trinajstić information content (AvgIpc) is 4.06. The summed E-state index contributed by atoms with van der Waals surface area (Å²) >= 11 is 1.97. The van der Waals surface area contributed by atoms with Gasteiger partial charge in [0.2, 0.25) is 5.52 Å². The number of amides is 1. The van der Waals surface area contributed by atoms with Crippen LogP contribution in [-0.4, -0.2) is 133 Å². The van der Waals surface area contributed by atoms with Crippen LogP contribution in [-0.2, 0) is 46.7 Å². The summed E-state index contributed by atoms with van der Waals surface area (Å²) in [6.45, 7) is 8.82. The quantitative estimate of drug-likeness (QED) is 0.00685. The molecule has 3 aromatic carbocycles. The Balaban J connectivity index is 0.948. The van der Waals surface area contributed by atoms with E-state index in [-0.39, 0.29) is 84.4 Å². The molecule has 4 aromatic rings. The number of fused-ring (bicyclic) bond motifs is 5. The van der Waals surface area contributed by atoms with Gasteiger partial charge in [-0.15, -0.1) is 0 Å². The molecule has 0 saturated carbocycles. The second kappa shape index (κ2) is 35.8. The van der Waals surface area contributed by atoms with E-state index in [1.165, 1.54) is 26.0 Å². The Labute approximate surface area is 495 Å². The highest BCUT2D eigenvalue weighted by Gasteiger charge is 2.30. The average molecular weight is 1230 g/mol. The van der Waals surface area contributed by atoms with E-state index < -0.39 is 37.5 Å². The number of nitro benzene ring substituents is 1. The number of unbranched alkanes of at least 4 members (excludes halogenated alkanes) is 10. The number of nitro groups is 1. The molecule has 1 aliphatic heterocycles. The Morgan fingerprint density at radius 3 is 2.15 bits per heavy atom. The molecule has 1 aromatic heterocycles. The van der Waals surface area contributed by atoms with Gasteiger partial charge >= 0.3 is 25.6 Å². The highest BCUT2D eigenvalue weighted by Crippen LogP contribution is 2.49. The fourth-order valence-corrected chi connectivity index (χ4v) is 11.1. The van der Waals surface area contributed by atoms with Gasteiger partial charge in [-0.2, -0.15) is 0 Å². The topological polar surface area (TPSA) is 302 Å². The number of alkyl carbamates (subject to hydrolysis) is 1. The molecule has 2 N–H and O–H groups in total. The summed E-state index contributed by atoms with van der Waals surface area (Å²) in [5.74, 6) is 0.772. The molecule has 458 valence electrons. The van der Waals surface area contributed by atoms with E-state index in [2.05, 4.69) is 39.7 Å². The van der Waals surface area contributed by atoms with Crippen molar-refractivity contribution in [3.63, 3.8) is 0 Å². The summed E-state index contributed by atoms with van der Waals surface area (Å²) in [5.41, 5.74) is 3.52. The lowest BCUT2D eigenvalue weighted by Crippen LogP contribution is -2.30. The fourth-order valence-electron chi connectivity index (χ4n) is 8.87. The summed E-state index contributed by atoms with van der Waals surface area (Å²) in [6.07, 6.45) is 9.30. The molecular formula is C57H76N7O17PS2. The number of nitrogens with zero attached hydrogens (tertiary/aromatic N) is 5. The zero-order valence-electron chi connectivity index (χ0n) is 48.1. The summed E-state index contributed by atoms with van der Waals surface area (Å²) in [7, 11) is -4.35. The molecule has 2 unspecified atom stereocenters. The number of rotatable bonds is 41. The van der Waals surface area contributed by atoms with Gasteiger partial charge in [0.25, 0.3) is 0 Å². The van der Waals surface area contributed by atoms with Crippen molar-refractivity contribution >= 4 is 104 Å². The van der Waals surface area contributed by atoms with Crippen LogP contribution in [0.5, 0.6) is 5.75 Å². The van der Waals surface area contributed by atoms with Gasteiger partial charge in [-0.05, 0) is 86.2 Å². The van der Waals surface area contributed by atoms with E-state index in [9.17, 15) is 38.7 Å². The van der Waals surface area contributed by atoms with Gasteiger partial charge in [-0.3, -0.25) is 42.9 Å². The van der Waals surface area contributed by atoms with Crippen LogP contribution in [0.1, 0.15) is 111 Å². The molecule has 24 nitrogen and oxygen atoms in total. The Morgan fingerprint density at radius 2 is 1.43 bits per heavy atom. The molecule has 27 heteroatoms. The van der Waals surface area contributed by atoms with E-state index >= 15 is 0 Å². The predicted octanol–water partition coefficient (Wildman–Crippen LogP) is 11.7. The van der Waals surface area contributed by atoms with E-state index in [1.54, 1.807) is 24.3 Å². The third-order valence-electron chi connectivity index (χ3n) is 13.1. The van der Waals surface area contributed by atoms with Gasteiger partial charge in [0, 0.05) is 99.2 Å². The summed E-state index contributed by atoms with van der Waals surface area (Å²) in [6, 6.07) is 15.5. The number of hydrogen-bond donors (Lipinski definition) is 2. The van der Waals surface area contributed by atoms with Crippen molar-refractivity contribution in [2.75, 3.05) is 94.1 Å². The molecule has 84 heavy (non-hydrogen) atoms. The molecule has 0 radical (unpaired) electrons. The summed E-state index contributed by atoms with van der Waals surface area (Å²) in [4.78, 5) is 79.2. The molecule has 2 atom stereocenters. The van der Waals surface area contributed by atoms with Crippen molar-refractivity contribution in [1.82, 2.24) is 20.6 Å². The molecule has 6 rings (SSSR count). The van der Waals surface area contributed by atoms with Crippen LogP contribution in [0.4, 0.5) is 21.9 Å². The monoisotopic (exact) mass is 1230 g/mol. The Bertz CT molecular complexity index is 3160. The standard InChI is InChI=1S/C57H76N7O17PS2/c1-5-63(6-2)42-20-23-47-51(35-42)80-52-37-50(67)45-22-21-43(36-46(45)54(52)60-47)74-29-18-15-19-53(68)79-44(39-78-82(72,77-32-34-84-41(4)66)76-30-27-59-57(69)75-31-33-83-40(3)65)38-73-28-17-14-12-10-8-7-9-11-13-16-26-58-48-24-25-49(64(70)71)56-55(48)61-81-62-56/h20-25,35-37,44,58H,5-19,26-34,38-39H2,1-4H3,(H,59,69). The molecule has 0 fully saturated rings. The van der Waals surface area contributed by atoms with E-state index in [0.717, 1.165) is 107 Å². The number of aromatic nitrogens is 3. The van der Waals surface area contributed by atoms with Crippen molar-refractivity contribution in [2.24, 2.45) is 0 Å². The first-order valence-corrected chi connectivity index (χ1v) is 31.9. The largest absolute Gasteiger partial charge is 0.494 e. The van der Waals surface area contributed by atoms with Crippen molar-refractivity contribution < 1.29 is 70.2 Å². The van der Waals surface area contributed by atoms with E-state index in [0.29, 0.717) is 76.3 Å². The molecule has 0 bridgehead atoms. The highest BCUT2D eigenvalue weighted by atomic mass is 32.2. The first-order chi connectivity index (χ1) is 40.7. The second-order valence-electron chi connectivity index (χ2n) is 19.4. The molecule has 1 aliphatic carbocycles. The maximum absolute atomic E-state index is 13.9. The molecular weight excluding hydrogens is 1150 g/mol. The lowest BCUT2D eigenvalue weighted by Gasteiger charge is -2.22. The maximum Gasteiger partial charge on any atom is 0.475 e. The fraction of sp³-hybridized carbons (Fsp3) is 0.544. The van der Waals surface area contributed by atoms with Crippen LogP contribution in [0, 0.1) is 10.1 Å². The van der Waals surface area contributed by atoms with Crippen molar-refractivity contribution in [2.45, 2.75) is 117 Å². The molecule has 0 spiro atoms. The molecule has 1 amide bonds. The number of nitrogens with one attached hydrogen (secondary N) is 2. The summed E-state index contributed by atoms with van der Waals surface area (Å²) in [5, 5.41) is 25.3. The van der Waals surface area contributed by atoms with Gasteiger partial charge < -0.3 is 38.9 Å². The number of benzene rings is 4.